The molecule has 2 aromatic carbocycles. The minimum atomic E-state index is -2.99. The van der Waals surface area contributed by atoms with Crippen LogP contribution >= 0.6 is 11.6 Å². The molecule has 0 aliphatic heterocycles. The summed E-state index contributed by atoms with van der Waals surface area (Å²) in [6.07, 6.45) is 3.16. The minimum absolute atomic E-state index is 0.0300. The molecule has 0 saturated heterocycles. The van der Waals surface area contributed by atoms with Crippen molar-refractivity contribution in [2.45, 2.75) is 13.2 Å². The Bertz CT molecular complexity index is 979. The van der Waals surface area contributed by atoms with E-state index in [1.165, 1.54) is 31.5 Å². The second kappa shape index (κ2) is 8.71. The number of amides is 1. The van der Waals surface area contributed by atoms with Crippen LogP contribution in [-0.4, -0.2) is 29.4 Å². The number of rotatable bonds is 7. The molecule has 0 aliphatic rings. The number of aromatic nitrogens is 2. The molecule has 0 unspecified atom stereocenters. The maximum Gasteiger partial charge on any atom is 0.387 e. The van der Waals surface area contributed by atoms with Crippen LogP contribution in [0.2, 0.25) is 5.02 Å². The number of nitrogens with zero attached hydrogens (tertiary/aromatic N) is 2. The number of nitrogens with one attached hydrogen (secondary N) is 1. The van der Waals surface area contributed by atoms with Crippen LogP contribution in [0.15, 0.2) is 54.9 Å². The number of anilines is 1. The van der Waals surface area contributed by atoms with Crippen molar-refractivity contribution in [2.75, 3.05) is 12.4 Å². The monoisotopic (exact) mass is 407 g/mol. The number of carbonyl (C=O) groups excluding carboxylic acids is 1. The van der Waals surface area contributed by atoms with E-state index in [2.05, 4.69) is 15.2 Å². The number of ether oxygens (including phenoxy) is 2. The summed E-state index contributed by atoms with van der Waals surface area (Å²) in [6, 6.07) is 11.3. The molecule has 1 heterocycles. The number of alkyl halides is 2. The first kappa shape index (κ1) is 19.6. The summed E-state index contributed by atoms with van der Waals surface area (Å²) < 4.78 is 35.8. The summed E-state index contributed by atoms with van der Waals surface area (Å²) in [7, 11) is 1.30. The van der Waals surface area contributed by atoms with Crippen LogP contribution in [-0.2, 0) is 6.54 Å². The molecule has 6 nitrogen and oxygen atoms in total. The van der Waals surface area contributed by atoms with Gasteiger partial charge >= 0.3 is 6.61 Å². The average molecular weight is 408 g/mol. The van der Waals surface area contributed by atoms with Crippen molar-refractivity contribution < 1.29 is 23.0 Å². The molecular formula is C19H16ClF2N3O3. The summed E-state index contributed by atoms with van der Waals surface area (Å²) >= 11 is 6.14. The molecule has 0 fully saturated rings. The van der Waals surface area contributed by atoms with E-state index in [1.807, 2.05) is 18.2 Å². The summed E-state index contributed by atoms with van der Waals surface area (Å²) in [5.74, 6) is -0.567. The molecule has 28 heavy (non-hydrogen) atoms. The molecule has 1 amide bonds. The van der Waals surface area contributed by atoms with Crippen molar-refractivity contribution in [1.82, 2.24) is 9.78 Å². The Morgan fingerprint density at radius 1 is 1.25 bits per heavy atom. The zero-order chi connectivity index (χ0) is 20.1. The van der Waals surface area contributed by atoms with Gasteiger partial charge < -0.3 is 14.8 Å². The van der Waals surface area contributed by atoms with E-state index in [0.717, 1.165) is 5.56 Å². The fraction of sp³-hybridized carbons (Fsp3) is 0.158. The van der Waals surface area contributed by atoms with Crippen molar-refractivity contribution in [1.29, 1.82) is 0 Å². The first-order chi connectivity index (χ1) is 13.5. The van der Waals surface area contributed by atoms with Gasteiger partial charge in [0.25, 0.3) is 5.91 Å². The highest BCUT2D eigenvalue weighted by atomic mass is 35.5. The van der Waals surface area contributed by atoms with E-state index in [0.29, 0.717) is 17.3 Å². The van der Waals surface area contributed by atoms with E-state index in [1.54, 1.807) is 16.9 Å². The summed E-state index contributed by atoms with van der Waals surface area (Å²) in [5, 5.41) is 7.51. The lowest BCUT2D eigenvalue weighted by atomic mass is 10.2. The van der Waals surface area contributed by atoms with E-state index < -0.39 is 12.5 Å². The van der Waals surface area contributed by atoms with Crippen LogP contribution in [0.1, 0.15) is 15.9 Å². The lowest BCUT2D eigenvalue weighted by Crippen LogP contribution is -2.12. The van der Waals surface area contributed by atoms with E-state index in [9.17, 15) is 13.6 Å². The number of benzene rings is 2. The molecule has 0 atom stereocenters. The molecule has 1 aromatic heterocycles. The summed E-state index contributed by atoms with van der Waals surface area (Å²) in [6.45, 7) is -2.54. The van der Waals surface area contributed by atoms with Crippen LogP contribution in [0, 0.1) is 0 Å². The number of carbonyl (C=O) groups is 1. The van der Waals surface area contributed by atoms with Gasteiger partial charge in [-0.2, -0.15) is 13.9 Å². The smallest absolute Gasteiger partial charge is 0.387 e. The van der Waals surface area contributed by atoms with Crippen molar-refractivity contribution in [3.05, 3.63) is 71.0 Å². The molecule has 0 radical (unpaired) electrons. The third-order valence-electron chi connectivity index (χ3n) is 3.82. The van der Waals surface area contributed by atoms with Gasteiger partial charge in [-0.15, -0.1) is 0 Å². The van der Waals surface area contributed by atoms with Crippen LogP contribution in [0.25, 0.3) is 0 Å². The fourth-order valence-electron chi connectivity index (χ4n) is 2.52. The lowest BCUT2D eigenvalue weighted by molar-refractivity contribution is -0.0512. The second-order valence-electron chi connectivity index (χ2n) is 5.72. The first-order valence-corrected chi connectivity index (χ1v) is 8.54. The highest BCUT2D eigenvalue weighted by Gasteiger charge is 2.15. The van der Waals surface area contributed by atoms with Gasteiger partial charge in [0.05, 0.1) is 25.5 Å². The highest BCUT2D eigenvalue weighted by molar-refractivity contribution is 6.31. The topological polar surface area (TPSA) is 65.4 Å². The Morgan fingerprint density at radius 2 is 2.04 bits per heavy atom. The molecule has 0 aliphatic carbocycles. The van der Waals surface area contributed by atoms with Gasteiger partial charge in [-0.05, 0) is 29.8 Å². The molecule has 0 bridgehead atoms. The van der Waals surface area contributed by atoms with Gasteiger partial charge in [-0.3, -0.25) is 9.48 Å². The lowest BCUT2D eigenvalue weighted by Gasteiger charge is -2.11. The van der Waals surface area contributed by atoms with Gasteiger partial charge in [0.15, 0.2) is 11.5 Å². The van der Waals surface area contributed by atoms with Crippen LogP contribution in [0.3, 0.4) is 0 Å². The van der Waals surface area contributed by atoms with E-state index in [-0.39, 0.29) is 17.1 Å². The molecular weight excluding hydrogens is 392 g/mol. The Morgan fingerprint density at radius 3 is 2.75 bits per heavy atom. The largest absolute Gasteiger partial charge is 0.493 e. The zero-order valence-electron chi connectivity index (χ0n) is 14.7. The number of methoxy groups -OCH3 is 1. The summed E-state index contributed by atoms with van der Waals surface area (Å²) in [4.78, 5) is 12.4. The molecule has 9 heteroatoms. The van der Waals surface area contributed by atoms with Gasteiger partial charge in [-0.25, -0.2) is 0 Å². The highest BCUT2D eigenvalue weighted by Crippen LogP contribution is 2.29. The summed E-state index contributed by atoms with van der Waals surface area (Å²) in [5.41, 5.74) is 1.59. The maximum absolute atomic E-state index is 12.4. The fourth-order valence-corrected chi connectivity index (χ4v) is 2.72. The second-order valence-corrected chi connectivity index (χ2v) is 6.12. The molecule has 3 aromatic rings. The number of halogens is 3. The molecule has 1 N–H and O–H groups in total. The van der Waals surface area contributed by atoms with E-state index in [4.69, 9.17) is 16.3 Å². The standard InChI is InChI=1S/C19H16ClF2N3O3/c1-27-17-8-12(6-7-16(17)28-19(21)22)18(26)24-14-9-23-25(11-14)10-13-4-2-3-5-15(13)20/h2-9,11,19H,10H2,1H3,(H,24,26). The van der Waals surface area contributed by atoms with Gasteiger partial charge in [0.1, 0.15) is 0 Å². The Balaban J connectivity index is 1.70. The van der Waals surface area contributed by atoms with Crippen LogP contribution < -0.4 is 14.8 Å². The van der Waals surface area contributed by atoms with Gasteiger partial charge in [-0.1, -0.05) is 29.8 Å². The maximum atomic E-state index is 12.4. The zero-order valence-corrected chi connectivity index (χ0v) is 15.5. The van der Waals surface area contributed by atoms with E-state index >= 15 is 0 Å². The molecule has 3 rings (SSSR count). The predicted molar refractivity (Wildman–Crippen MR) is 100 cm³/mol. The van der Waals surface area contributed by atoms with Crippen molar-refractivity contribution in [3.63, 3.8) is 0 Å². The Labute approximate surface area is 164 Å². The predicted octanol–water partition coefficient (Wildman–Crippen LogP) is 4.45. The van der Waals surface area contributed by atoms with Crippen LogP contribution in [0.5, 0.6) is 11.5 Å². The first-order valence-electron chi connectivity index (χ1n) is 8.16. The molecule has 0 saturated carbocycles. The SMILES string of the molecule is COc1cc(C(=O)Nc2cnn(Cc3ccccc3Cl)c2)ccc1OC(F)F. The Kier molecular flexibility index (Phi) is 6.10. The van der Waals surface area contributed by atoms with Gasteiger partial charge in [0.2, 0.25) is 0 Å². The van der Waals surface area contributed by atoms with Crippen LogP contribution in [0.4, 0.5) is 14.5 Å². The molecule has 146 valence electrons. The quantitative estimate of drug-likeness (QED) is 0.628. The Hall–Kier alpha value is -3.13. The van der Waals surface area contributed by atoms with Crippen molar-refractivity contribution >= 4 is 23.2 Å². The number of hydrogen-bond donors (Lipinski definition) is 1. The third-order valence-corrected chi connectivity index (χ3v) is 4.19. The minimum Gasteiger partial charge on any atom is -0.493 e. The number of hydrogen-bond acceptors (Lipinski definition) is 4. The van der Waals surface area contributed by atoms with Gasteiger partial charge in [0, 0.05) is 16.8 Å². The average Bonchev–Trinajstić information content (AvgIpc) is 3.10. The van der Waals surface area contributed by atoms with Crippen molar-refractivity contribution in [2.24, 2.45) is 0 Å². The third kappa shape index (κ3) is 4.77. The molecule has 0 spiro atoms. The normalized spacial score (nSPS) is 10.8. The van der Waals surface area contributed by atoms with Crippen molar-refractivity contribution in [3.8, 4) is 11.5 Å².